The van der Waals surface area contributed by atoms with E-state index < -0.39 is 22.0 Å². The minimum absolute atomic E-state index is 0.0917. The second-order valence-electron chi connectivity index (χ2n) is 7.20. The minimum Gasteiger partial charge on any atom is -0.454 e. The van der Waals surface area contributed by atoms with Crippen molar-refractivity contribution < 1.29 is 22.7 Å². The van der Waals surface area contributed by atoms with E-state index in [1.54, 1.807) is 23.1 Å². The fraction of sp³-hybridized carbons (Fsp3) is 0.286. The van der Waals surface area contributed by atoms with Crippen LogP contribution in [0.1, 0.15) is 23.6 Å². The van der Waals surface area contributed by atoms with Crippen LogP contribution in [0.25, 0.3) is 0 Å². The van der Waals surface area contributed by atoms with Crippen LogP contribution in [0.2, 0.25) is 0 Å². The molecule has 2 aliphatic rings. The molecule has 2 heterocycles. The summed E-state index contributed by atoms with van der Waals surface area (Å²) in [4.78, 5) is 30.7. The Kier molecular flexibility index (Phi) is 5.29. The Labute approximate surface area is 174 Å². The predicted molar refractivity (Wildman–Crippen MR) is 109 cm³/mol. The lowest BCUT2D eigenvalue weighted by atomic mass is 10.00. The summed E-state index contributed by atoms with van der Waals surface area (Å²) >= 11 is 0. The fourth-order valence-electron chi connectivity index (χ4n) is 3.53. The lowest BCUT2D eigenvalue weighted by Gasteiger charge is -2.28. The van der Waals surface area contributed by atoms with Gasteiger partial charge in [-0.2, -0.15) is 0 Å². The molecule has 2 aromatic rings. The number of rotatable bonds is 4. The second kappa shape index (κ2) is 7.91. The molecule has 0 aliphatic carbocycles. The van der Waals surface area contributed by atoms with Gasteiger partial charge >= 0.3 is 5.97 Å². The van der Waals surface area contributed by atoms with Crippen LogP contribution in [0.3, 0.4) is 0 Å². The number of benzene rings is 2. The number of sulfonamides is 1. The number of amidine groups is 1. The first-order valence-corrected chi connectivity index (χ1v) is 11.0. The molecular weight excluding hydrogens is 406 g/mol. The van der Waals surface area contributed by atoms with E-state index >= 15 is 0 Å². The first-order chi connectivity index (χ1) is 14.3. The van der Waals surface area contributed by atoms with Gasteiger partial charge in [-0.3, -0.25) is 14.5 Å². The van der Waals surface area contributed by atoms with E-state index in [1.807, 2.05) is 24.3 Å². The lowest BCUT2D eigenvalue weighted by molar-refractivity contribution is -0.153. The molecule has 0 aromatic heterocycles. The largest absolute Gasteiger partial charge is 0.454 e. The van der Waals surface area contributed by atoms with Crippen LogP contribution in [0.15, 0.2) is 58.4 Å². The van der Waals surface area contributed by atoms with Crippen LogP contribution in [0.5, 0.6) is 0 Å². The van der Waals surface area contributed by atoms with E-state index in [2.05, 4.69) is 9.71 Å². The number of hydrogen-bond donors (Lipinski definition) is 1. The Hall–Kier alpha value is -3.20. The Morgan fingerprint density at radius 3 is 2.63 bits per heavy atom. The first kappa shape index (κ1) is 20.1. The molecule has 4 rings (SSSR count). The van der Waals surface area contributed by atoms with Crippen LogP contribution in [0.4, 0.5) is 0 Å². The molecule has 0 bridgehead atoms. The third kappa shape index (κ3) is 3.93. The van der Waals surface area contributed by atoms with Gasteiger partial charge in [0.15, 0.2) is 6.61 Å². The Balaban J connectivity index is 1.37. The van der Waals surface area contributed by atoms with E-state index in [0.29, 0.717) is 18.7 Å². The van der Waals surface area contributed by atoms with Gasteiger partial charge in [0.25, 0.3) is 15.9 Å². The van der Waals surface area contributed by atoms with Crippen LogP contribution in [-0.2, 0) is 37.3 Å². The highest BCUT2D eigenvalue weighted by Gasteiger charge is 2.31. The molecule has 1 amide bonds. The lowest BCUT2D eigenvalue weighted by Crippen LogP contribution is -2.39. The van der Waals surface area contributed by atoms with Crippen molar-refractivity contribution in [2.45, 2.75) is 30.8 Å². The molecule has 2 aromatic carbocycles. The first-order valence-electron chi connectivity index (χ1n) is 9.56. The van der Waals surface area contributed by atoms with E-state index in [4.69, 9.17) is 4.74 Å². The van der Waals surface area contributed by atoms with E-state index in [0.717, 1.165) is 12.0 Å². The molecule has 30 heavy (non-hydrogen) atoms. The van der Waals surface area contributed by atoms with Crippen LogP contribution in [0, 0.1) is 0 Å². The number of hydrogen-bond acceptors (Lipinski definition) is 6. The fourth-order valence-corrected chi connectivity index (χ4v) is 4.77. The van der Waals surface area contributed by atoms with E-state index in [-0.39, 0.29) is 23.2 Å². The number of fused-ring (bicyclic) bond motifs is 2. The number of carbonyl (C=O) groups is 2. The van der Waals surface area contributed by atoms with Gasteiger partial charge < -0.3 is 9.64 Å². The number of nitrogens with one attached hydrogen (secondary N) is 1. The predicted octanol–water partition coefficient (Wildman–Crippen LogP) is 1.24. The number of nitrogens with zero attached hydrogens (tertiary/aromatic N) is 2. The second-order valence-corrected chi connectivity index (χ2v) is 8.85. The maximum atomic E-state index is 12.4. The zero-order chi connectivity index (χ0) is 21.3. The van der Waals surface area contributed by atoms with Gasteiger partial charge in [0, 0.05) is 18.7 Å². The summed E-state index contributed by atoms with van der Waals surface area (Å²) in [5.41, 5.74) is 2.72. The van der Waals surface area contributed by atoms with Gasteiger partial charge in [-0.05, 0) is 36.6 Å². The van der Waals surface area contributed by atoms with Gasteiger partial charge in [-0.15, -0.1) is 0 Å². The van der Waals surface area contributed by atoms with Gasteiger partial charge in [0.2, 0.25) is 0 Å². The highest BCUT2D eigenvalue weighted by Crippen LogP contribution is 2.23. The van der Waals surface area contributed by atoms with Crippen molar-refractivity contribution in [1.29, 1.82) is 0 Å². The highest BCUT2D eigenvalue weighted by molar-refractivity contribution is 7.90. The Morgan fingerprint density at radius 2 is 1.83 bits per heavy atom. The molecule has 0 saturated heterocycles. The zero-order valence-corrected chi connectivity index (χ0v) is 17.2. The van der Waals surface area contributed by atoms with Crippen molar-refractivity contribution in [2.75, 3.05) is 13.2 Å². The summed E-state index contributed by atoms with van der Waals surface area (Å²) in [6.45, 7) is 2.18. The van der Waals surface area contributed by atoms with Crippen molar-refractivity contribution in [3.8, 4) is 0 Å². The molecule has 0 radical (unpaired) electrons. The summed E-state index contributed by atoms with van der Waals surface area (Å²) in [6.07, 6.45) is 0.763. The number of esters is 1. The van der Waals surface area contributed by atoms with Crippen molar-refractivity contribution in [1.82, 2.24) is 9.62 Å². The molecule has 2 aliphatic heterocycles. The van der Waals surface area contributed by atoms with Gasteiger partial charge in [-0.1, -0.05) is 36.4 Å². The molecule has 0 fully saturated rings. The van der Waals surface area contributed by atoms with Gasteiger partial charge in [0.1, 0.15) is 11.9 Å². The molecule has 1 unspecified atom stereocenters. The number of amides is 1. The molecule has 1 atom stereocenters. The zero-order valence-electron chi connectivity index (χ0n) is 16.4. The van der Waals surface area contributed by atoms with Gasteiger partial charge in [-0.25, -0.2) is 13.2 Å². The summed E-state index contributed by atoms with van der Waals surface area (Å²) < 4.78 is 31.8. The molecule has 156 valence electrons. The summed E-state index contributed by atoms with van der Waals surface area (Å²) in [6, 6.07) is 13.4. The molecule has 8 nitrogen and oxygen atoms in total. The molecule has 0 spiro atoms. The highest BCUT2D eigenvalue weighted by atomic mass is 32.2. The average Bonchev–Trinajstić information content (AvgIpc) is 3.01. The van der Waals surface area contributed by atoms with E-state index in [1.165, 1.54) is 18.6 Å². The third-order valence-corrected chi connectivity index (χ3v) is 6.54. The maximum Gasteiger partial charge on any atom is 0.331 e. The standard InChI is InChI=1S/C21H21N3O5S/c1-14(22-20-17-8-4-5-9-18(17)30(27,28)23-20)21(26)29-13-19(25)24-11-10-15-6-2-3-7-16(15)12-24/h2-9,14H,10-13H2,1H3,(H,22,23). The Bertz CT molecular complexity index is 1140. The molecule has 0 saturated carbocycles. The van der Waals surface area contributed by atoms with E-state index in [9.17, 15) is 18.0 Å². The van der Waals surface area contributed by atoms with Crippen LogP contribution >= 0.6 is 0 Å². The Morgan fingerprint density at radius 1 is 1.13 bits per heavy atom. The SMILES string of the molecule is CC(N=C1NS(=O)(=O)c2ccccc21)C(=O)OCC(=O)N1CCc2ccccc2C1. The molecule has 1 N–H and O–H groups in total. The normalized spacial score (nSPS) is 18.8. The number of aliphatic imine (C=N–C) groups is 1. The molecule has 9 heteroatoms. The number of carbonyl (C=O) groups excluding carboxylic acids is 2. The third-order valence-electron chi connectivity index (χ3n) is 5.15. The monoisotopic (exact) mass is 427 g/mol. The van der Waals surface area contributed by atoms with Gasteiger partial charge in [0.05, 0.1) is 4.90 Å². The summed E-state index contributed by atoms with van der Waals surface area (Å²) in [5.74, 6) is -0.879. The quantitative estimate of drug-likeness (QED) is 0.740. The summed E-state index contributed by atoms with van der Waals surface area (Å²) in [7, 11) is -3.68. The van der Waals surface area contributed by atoms with Crippen molar-refractivity contribution in [3.05, 3.63) is 65.2 Å². The van der Waals surface area contributed by atoms with Crippen molar-refractivity contribution in [2.24, 2.45) is 4.99 Å². The number of ether oxygens (including phenoxy) is 1. The molecular formula is C21H21N3O5S. The summed E-state index contributed by atoms with van der Waals surface area (Å²) in [5, 5.41) is 0. The van der Waals surface area contributed by atoms with Crippen LogP contribution in [-0.4, -0.2) is 50.2 Å². The minimum atomic E-state index is -3.68. The van der Waals surface area contributed by atoms with Crippen molar-refractivity contribution >= 4 is 27.7 Å². The smallest absolute Gasteiger partial charge is 0.331 e. The maximum absolute atomic E-state index is 12.4. The van der Waals surface area contributed by atoms with Crippen LogP contribution < -0.4 is 4.72 Å². The average molecular weight is 427 g/mol. The van der Waals surface area contributed by atoms with Crippen molar-refractivity contribution in [3.63, 3.8) is 0 Å². The topological polar surface area (TPSA) is 105 Å².